The van der Waals surface area contributed by atoms with Crippen LogP contribution >= 0.6 is 0 Å². The monoisotopic (exact) mass is 256 g/mol. The lowest BCUT2D eigenvalue weighted by Crippen LogP contribution is -1.97. The van der Waals surface area contributed by atoms with Crippen molar-refractivity contribution >= 4 is 6.08 Å². The van der Waals surface area contributed by atoms with Gasteiger partial charge >= 0.3 is 0 Å². The van der Waals surface area contributed by atoms with E-state index in [1.165, 1.54) is 6.08 Å². The molecule has 0 atom stereocenters. The smallest absolute Gasteiger partial charge is 0.235 e. The molecule has 0 radical (unpaired) electrons. The van der Waals surface area contributed by atoms with Crippen LogP contribution in [0.4, 0.5) is 0 Å². The lowest BCUT2D eigenvalue weighted by molar-refractivity contribution is -0.400. The highest BCUT2D eigenvalue weighted by Gasteiger charge is 1.98. The molecule has 19 heavy (non-hydrogen) atoms. The van der Waals surface area contributed by atoms with Crippen molar-refractivity contribution in [2.75, 3.05) is 0 Å². The third-order valence-corrected chi connectivity index (χ3v) is 2.36. The summed E-state index contributed by atoms with van der Waals surface area (Å²) in [6.07, 6.45) is 4.03. The van der Waals surface area contributed by atoms with Crippen molar-refractivity contribution in [2.45, 2.75) is 6.61 Å². The van der Waals surface area contributed by atoms with E-state index in [0.29, 0.717) is 12.4 Å². The van der Waals surface area contributed by atoms with Gasteiger partial charge in [0.15, 0.2) is 0 Å². The second kappa shape index (κ2) is 6.30. The summed E-state index contributed by atoms with van der Waals surface area (Å²) in [5, 5.41) is 10.2. The number of ether oxygens (including phenoxy) is 1. The van der Waals surface area contributed by atoms with Gasteiger partial charge in [-0.3, -0.25) is 15.1 Å². The molecule has 0 saturated carbocycles. The Morgan fingerprint density at radius 2 is 2.16 bits per heavy atom. The molecule has 0 aliphatic heterocycles. The van der Waals surface area contributed by atoms with Crippen molar-refractivity contribution in [2.24, 2.45) is 0 Å². The molecule has 0 aliphatic rings. The third kappa shape index (κ3) is 4.23. The molecule has 0 aliphatic carbocycles. The Morgan fingerprint density at radius 1 is 1.26 bits per heavy atom. The van der Waals surface area contributed by atoms with Gasteiger partial charge in [-0.05, 0) is 29.8 Å². The Morgan fingerprint density at radius 3 is 2.89 bits per heavy atom. The second-order valence-corrected chi connectivity index (χ2v) is 3.78. The number of benzene rings is 1. The van der Waals surface area contributed by atoms with Crippen molar-refractivity contribution in [3.05, 3.63) is 76.2 Å². The van der Waals surface area contributed by atoms with Gasteiger partial charge in [-0.25, -0.2) is 0 Å². The van der Waals surface area contributed by atoms with Gasteiger partial charge in [0.2, 0.25) is 6.20 Å². The molecule has 1 aromatic heterocycles. The summed E-state index contributed by atoms with van der Waals surface area (Å²) < 4.78 is 5.57. The largest absolute Gasteiger partial charge is 0.487 e. The third-order valence-electron chi connectivity index (χ3n) is 2.36. The van der Waals surface area contributed by atoms with Crippen LogP contribution in [0.15, 0.2) is 54.9 Å². The van der Waals surface area contributed by atoms with Gasteiger partial charge in [-0.2, -0.15) is 0 Å². The van der Waals surface area contributed by atoms with E-state index in [-0.39, 0.29) is 0 Å². The van der Waals surface area contributed by atoms with Crippen LogP contribution in [0, 0.1) is 10.1 Å². The topological polar surface area (TPSA) is 65.3 Å². The van der Waals surface area contributed by atoms with E-state index in [1.807, 2.05) is 18.2 Å². The van der Waals surface area contributed by atoms with Crippen LogP contribution < -0.4 is 4.74 Å². The van der Waals surface area contributed by atoms with Crippen molar-refractivity contribution in [1.82, 2.24) is 4.98 Å². The predicted molar refractivity (Wildman–Crippen MR) is 71.0 cm³/mol. The Labute approximate surface area is 110 Å². The van der Waals surface area contributed by atoms with Crippen molar-refractivity contribution in [1.29, 1.82) is 0 Å². The van der Waals surface area contributed by atoms with Crippen LogP contribution in [0.25, 0.3) is 6.08 Å². The average molecular weight is 256 g/mol. The van der Waals surface area contributed by atoms with E-state index < -0.39 is 4.92 Å². The Kier molecular flexibility index (Phi) is 4.23. The molecule has 0 saturated heterocycles. The van der Waals surface area contributed by atoms with E-state index in [0.717, 1.165) is 17.5 Å². The van der Waals surface area contributed by atoms with Gasteiger partial charge in [0.25, 0.3) is 0 Å². The molecule has 0 unspecified atom stereocenters. The molecular weight excluding hydrogens is 244 g/mol. The summed E-state index contributed by atoms with van der Waals surface area (Å²) in [5.74, 6) is 0.649. The quantitative estimate of drug-likeness (QED) is 0.609. The molecule has 2 rings (SSSR count). The van der Waals surface area contributed by atoms with E-state index in [1.54, 1.807) is 30.5 Å². The van der Waals surface area contributed by atoms with E-state index in [4.69, 9.17) is 4.74 Å². The molecule has 1 heterocycles. The SMILES string of the molecule is O=[N+]([O-])C=Cc1cccc(OCc2ccccn2)c1. The highest BCUT2D eigenvalue weighted by atomic mass is 16.6. The Bertz CT molecular complexity index is 582. The zero-order valence-corrected chi connectivity index (χ0v) is 10.1. The van der Waals surface area contributed by atoms with Crippen molar-refractivity contribution < 1.29 is 9.66 Å². The number of aromatic nitrogens is 1. The highest BCUT2D eigenvalue weighted by molar-refractivity contribution is 5.50. The van der Waals surface area contributed by atoms with Crippen LogP contribution in [0.2, 0.25) is 0 Å². The van der Waals surface area contributed by atoms with Crippen molar-refractivity contribution in [3.8, 4) is 5.75 Å². The first-order chi connectivity index (χ1) is 9.24. The number of hydrogen-bond donors (Lipinski definition) is 0. The lowest BCUT2D eigenvalue weighted by atomic mass is 10.2. The standard InChI is InChI=1S/C14H12N2O3/c17-16(18)9-7-12-4-3-6-14(10-12)19-11-13-5-1-2-8-15-13/h1-10H,11H2. The molecule has 5 heteroatoms. The maximum atomic E-state index is 10.2. The van der Waals surface area contributed by atoms with Crippen molar-refractivity contribution in [3.63, 3.8) is 0 Å². The average Bonchev–Trinajstić information content (AvgIpc) is 2.44. The Hall–Kier alpha value is -2.69. The lowest BCUT2D eigenvalue weighted by Gasteiger charge is -2.05. The molecule has 96 valence electrons. The Balaban J connectivity index is 2.01. The van der Waals surface area contributed by atoms with Gasteiger partial charge in [0, 0.05) is 12.3 Å². The summed E-state index contributed by atoms with van der Waals surface area (Å²) in [7, 11) is 0. The van der Waals surface area contributed by atoms with Gasteiger partial charge < -0.3 is 4.74 Å². The first-order valence-electron chi connectivity index (χ1n) is 5.68. The normalized spacial score (nSPS) is 10.5. The summed E-state index contributed by atoms with van der Waals surface area (Å²) >= 11 is 0. The molecule has 2 aromatic rings. The van der Waals surface area contributed by atoms with Crippen LogP contribution in [0.1, 0.15) is 11.3 Å². The number of hydrogen-bond acceptors (Lipinski definition) is 4. The fourth-order valence-electron chi connectivity index (χ4n) is 1.50. The van der Waals surface area contributed by atoms with E-state index in [2.05, 4.69) is 4.98 Å². The van der Waals surface area contributed by atoms with Crippen LogP contribution in [0.5, 0.6) is 5.75 Å². The van der Waals surface area contributed by atoms with Gasteiger partial charge in [-0.1, -0.05) is 18.2 Å². The second-order valence-electron chi connectivity index (χ2n) is 3.78. The summed E-state index contributed by atoms with van der Waals surface area (Å²) in [4.78, 5) is 13.9. The molecule has 1 aromatic carbocycles. The zero-order chi connectivity index (χ0) is 13.5. The van der Waals surface area contributed by atoms with Crippen LogP contribution in [-0.2, 0) is 6.61 Å². The minimum atomic E-state index is -0.499. The fourth-order valence-corrected chi connectivity index (χ4v) is 1.50. The highest BCUT2D eigenvalue weighted by Crippen LogP contribution is 2.15. The van der Waals surface area contributed by atoms with Gasteiger partial charge in [0.1, 0.15) is 12.4 Å². The molecule has 0 fully saturated rings. The molecule has 0 N–H and O–H groups in total. The summed E-state index contributed by atoms with van der Waals surface area (Å²) in [5.41, 5.74) is 1.55. The maximum Gasteiger partial charge on any atom is 0.235 e. The number of pyridine rings is 1. The van der Waals surface area contributed by atoms with Gasteiger partial charge in [0.05, 0.1) is 10.6 Å². The zero-order valence-electron chi connectivity index (χ0n) is 10.1. The van der Waals surface area contributed by atoms with Crippen LogP contribution in [-0.4, -0.2) is 9.91 Å². The van der Waals surface area contributed by atoms with E-state index in [9.17, 15) is 10.1 Å². The van der Waals surface area contributed by atoms with Gasteiger partial charge in [-0.15, -0.1) is 0 Å². The number of rotatable bonds is 5. The van der Waals surface area contributed by atoms with E-state index >= 15 is 0 Å². The number of nitro groups is 1. The number of nitrogens with zero attached hydrogens (tertiary/aromatic N) is 2. The fraction of sp³-hybridized carbons (Fsp3) is 0.0714. The molecule has 0 bridgehead atoms. The molecule has 0 amide bonds. The first-order valence-corrected chi connectivity index (χ1v) is 5.68. The molecule has 5 nitrogen and oxygen atoms in total. The minimum absolute atomic E-state index is 0.364. The maximum absolute atomic E-state index is 10.2. The van der Waals surface area contributed by atoms with Crippen LogP contribution in [0.3, 0.4) is 0 Å². The molecule has 0 spiro atoms. The predicted octanol–water partition coefficient (Wildman–Crippen LogP) is 2.91. The summed E-state index contributed by atoms with van der Waals surface area (Å²) in [6.45, 7) is 0.364. The minimum Gasteiger partial charge on any atom is -0.487 e. The summed E-state index contributed by atoms with van der Waals surface area (Å²) in [6, 6.07) is 12.7. The molecular formula is C14H12N2O3. The first kappa shape index (κ1) is 12.8.